The maximum absolute atomic E-state index is 13.0. The second kappa shape index (κ2) is 12.8. The third kappa shape index (κ3) is 6.08. The van der Waals surface area contributed by atoms with E-state index in [1.807, 2.05) is 60.7 Å². The smallest absolute Gasteiger partial charge is 0.338 e. The van der Waals surface area contributed by atoms with Crippen LogP contribution in [0.4, 0.5) is 0 Å². The van der Waals surface area contributed by atoms with Gasteiger partial charge in [-0.25, -0.2) is 4.79 Å². The molecular weight excluding hydrogens is 566 g/mol. The van der Waals surface area contributed by atoms with Gasteiger partial charge in [0.1, 0.15) is 23.7 Å². The molecule has 0 saturated carbocycles. The van der Waals surface area contributed by atoms with Crippen molar-refractivity contribution in [1.82, 2.24) is 0 Å². The Morgan fingerprint density at radius 1 is 1.02 bits per heavy atom. The van der Waals surface area contributed by atoms with E-state index in [-0.39, 0.29) is 10.6 Å². The van der Waals surface area contributed by atoms with Crippen LogP contribution in [0.15, 0.2) is 90.0 Å². The predicted octanol–water partition coefficient (Wildman–Crippen LogP) is 5.53. The highest BCUT2D eigenvalue weighted by Crippen LogP contribution is 2.40. The van der Waals surface area contributed by atoms with Crippen LogP contribution in [-0.2, 0) is 13.9 Å². The van der Waals surface area contributed by atoms with Crippen LogP contribution in [0.2, 0.25) is 10.1 Å². The topological polar surface area (TPSA) is 114 Å². The first-order valence-corrected chi connectivity index (χ1v) is 16.4. The molecule has 0 aliphatic carbocycles. The van der Waals surface area contributed by atoms with Crippen LogP contribution in [0.5, 0.6) is 0 Å². The average Bonchev–Trinajstić information content (AvgIpc) is 2.95. The quantitative estimate of drug-likeness (QED) is 0.120. The van der Waals surface area contributed by atoms with Gasteiger partial charge in [-0.15, -0.1) is 11.8 Å². The van der Waals surface area contributed by atoms with E-state index in [9.17, 15) is 15.4 Å². The van der Waals surface area contributed by atoms with Gasteiger partial charge in [-0.2, -0.15) is 0 Å². The minimum Gasteiger partial charge on any atom is -0.455 e. The van der Waals surface area contributed by atoms with E-state index >= 15 is 0 Å². The number of ether oxygens (including phenoxy) is 2. The number of aliphatic hydroxyl groups excluding tert-OH is 1. The highest BCUT2D eigenvalue weighted by Gasteiger charge is 2.56. The van der Waals surface area contributed by atoms with Crippen molar-refractivity contribution in [3.05, 3.63) is 106 Å². The Balaban J connectivity index is 1.74. The summed E-state index contributed by atoms with van der Waals surface area (Å²) in [6, 6.07) is 25.0. The summed E-state index contributed by atoms with van der Waals surface area (Å²) in [5.74, 6) is -0.652. The van der Waals surface area contributed by atoms with Crippen molar-refractivity contribution in [2.24, 2.45) is 5.11 Å². The van der Waals surface area contributed by atoms with Crippen LogP contribution in [0.1, 0.15) is 31.1 Å². The summed E-state index contributed by atoms with van der Waals surface area (Å²) in [5, 5.41) is 17.5. The van der Waals surface area contributed by atoms with E-state index in [2.05, 4.69) is 30.8 Å². The second-order valence-corrected chi connectivity index (χ2v) is 16.1. The Hall–Kier alpha value is -2.82. The van der Waals surface area contributed by atoms with E-state index in [1.165, 1.54) is 23.9 Å². The summed E-state index contributed by atoms with van der Waals surface area (Å²) in [6.45, 7) is 6.34. The third-order valence-corrected chi connectivity index (χ3v) is 13.0. The van der Waals surface area contributed by atoms with Gasteiger partial charge < -0.3 is 19.0 Å². The summed E-state index contributed by atoms with van der Waals surface area (Å²) in [6.07, 6.45) is -1.85. The van der Waals surface area contributed by atoms with Crippen molar-refractivity contribution in [2.75, 3.05) is 6.26 Å². The van der Waals surface area contributed by atoms with Crippen LogP contribution in [0.25, 0.3) is 10.4 Å². The van der Waals surface area contributed by atoms with Crippen molar-refractivity contribution in [1.29, 1.82) is 0 Å². The molecule has 1 saturated heterocycles. The fraction of sp³-hybridized carbons (Fsp3) is 0.345. The van der Waals surface area contributed by atoms with E-state index < -0.39 is 44.3 Å². The minimum absolute atomic E-state index is 0.268. The molecule has 1 unspecified atom stereocenters. The molecule has 1 N–H and O–H groups in total. The number of aliphatic hydroxyl groups is 1. The lowest BCUT2D eigenvalue weighted by Crippen LogP contribution is -2.70. The van der Waals surface area contributed by atoms with Gasteiger partial charge in [0.2, 0.25) is 0 Å². The zero-order valence-electron chi connectivity index (χ0n) is 22.7. The van der Waals surface area contributed by atoms with Gasteiger partial charge in [0.15, 0.2) is 6.29 Å². The lowest BCUT2D eigenvalue weighted by molar-refractivity contribution is -0.221. The molecule has 8 nitrogen and oxygen atoms in total. The molecule has 0 bridgehead atoms. The van der Waals surface area contributed by atoms with Gasteiger partial charge in [-0.3, -0.25) is 0 Å². The fourth-order valence-electron chi connectivity index (χ4n) is 5.06. The summed E-state index contributed by atoms with van der Waals surface area (Å²) in [5.41, 5.74) is 8.90. The Labute approximate surface area is 244 Å². The first-order chi connectivity index (χ1) is 19.1. The Morgan fingerprint density at radius 2 is 1.57 bits per heavy atom. The highest BCUT2D eigenvalue weighted by atomic mass is 35.5. The SMILES string of the molecule is CS[C@@H]1OC(O[Si](c2ccccc2)(c2ccccc2)C(C)(C)C)[C@H](O)[C@@H](N=[N+]=[N-])[C@H]1OC(=O)c1ccc(Cl)cc1. The predicted molar refractivity (Wildman–Crippen MR) is 160 cm³/mol. The van der Waals surface area contributed by atoms with Gasteiger partial charge in [-0.05, 0) is 51.5 Å². The molecule has 4 rings (SSSR count). The molecule has 3 aromatic carbocycles. The van der Waals surface area contributed by atoms with Crippen LogP contribution < -0.4 is 10.4 Å². The number of azide groups is 1. The molecule has 3 aromatic rings. The van der Waals surface area contributed by atoms with Gasteiger partial charge in [0.05, 0.1) is 5.56 Å². The lowest BCUT2D eigenvalue weighted by atomic mass is 10.0. The average molecular weight is 598 g/mol. The molecule has 210 valence electrons. The maximum atomic E-state index is 13.0. The first-order valence-electron chi connectivity index (χ1n) is 12.8. The Kier molecular flexibility index (Phi) is 9.63. The molecule has 1 aliphatic heterocycles. The van der Waals surface area contributed by atoms with Gasteiger partial charge in [-0.1, -0.05) is 98.2 Å². The third-order valence-electron chi connectivity index (χ3n) is 6.95. The largest absolute Gasteiger partial charge is 0.455 e. The number of thioether (sulfide) groups is 1. The number of carbonyl (C=O) groups is 1. The van der Waals surface area contributed by atoms with Crippen molar-refractivity contribution >= 4 is 48.0 Å². The molecule has 1 fully saturated rings. The molecule has 1 aliphatic rings. The van der Waals surface area contributed by atoms with Crippen molar-refractivity contribution < 1.29 is 23.8 Å². The van der Waals surface area contributed by atoms with Crippen LogP contribution >= 0.6 is 23.4 Å². The molecular formula is C29H32ClN3O5SSi. The van der Waals surface area contributed by atoms with E-state index in [4.69, 9.17) is 25.5 Å². The lowest BCUT2D eigenvalue weighted by Gasteiger charge is -2.49. The number of rotatable bonds is 8. The van der Waals surface area contributed by atoms with Crippen molar-refractivity contribution in [2.45, 2.75) is 55.8 Å². The standard InChI is InChI=1S/C29H32ClN3O5SSi/c1-29(2,3)40(21-11-7-5-8-12-21,22-13-9-6-10-14-22)38-27-24(34)23(32-33-31)25(28(37-27)39-4)36-26(35)19-15-17-20(30)18-16-19/h5-18,23-25,27-28,34H,1-4H3/t23-,24-,25-,27?,28+/m1/s1. The second-order valence-electron chi connectivity index (χ2n) is 10.5. The number of esters is 1. The number of carbonyl (C=O) groups excluding carboxylic acids is 1. The fourth-order valence-corrected chi connectivity index (χ4v) is 10.4. The summed E-state index contributed by atoms with van der Waals surface area (Å²) >= 11 is 7.23. The first kappa shape index (κ1) is 30.1. The van der Waals surface area contributed by atoms with Crippen LogP contribution in [0, 0.1) is 0 Å². The molecule has 0 amide bonds. The number of hydrogen-bond donors (Lipinski definition) is 1. The monoisotopic (exact) mass is 597 g/mol. The minimum atomic E-state index is -3.13. The Morgan fingerprint density at radius 3 is 2.05 bits per heavy atom. The summed E-state index contributed by atoms with van der Waals surface area (Å²) < 4.78 is 19.1. The van der Waals surface area contributed by atoms with E-state index in [0.29, 0.717) is 5.02 Å². The van der Waals surface area contributed by atoms with Crippen molar-refractivity contribution in [3.63, 3.8) is 0 Å². The van der Waals surface area contributed by atoms with Crippen LogP contribution in [0.3, 0.4) is 0 Å². The van der Waals surface area contributed by atoms with Gasteiger partial charge in [0.25, 0.3) is 8.32 Å². The van der Waals surface area contributed by atoms with E-state index in [1.54, 1.807) is 18.4 Å². The maximum Gasteiger partial charge on any atom is 0.338 e. The van der Waals surface area contributed by atoms with E-state index in [0.717, 1.165) is 10.4 Å². The van der Waals surface area contributed by atoms with Gasteiger partial charge >= 0.3 is 5.97 Å². The molecule has 0 spiro atoms. The zero-order chi connectivity index (χ0) is 28.9. The number of hydrogen-bond acceptors (Lipinski definition) is 7. The Bertz CT molecular complexity index is 1300. The summed E-state index contributed by atoms with van der Waals surface area (Å²) in [4.78, 5) is 15.9. The highest BCUT2D eigenvalue weighted by molar-refractivity contribution is 7.99. The van der Waals surface area contributed by atoms with Gasteiger partial charge in [0, 0.05) is 9.93 Å². The molecule has 5 atom stereocenters. The van der Waals surface area contributed by atoms with Crippen molar-refractivity contribution in [3.8, 4) is 0 Å². The molecule has 0 radical (unpaired) electrons. The normalized spacial score (nSPS) is 23.2. The zero-order valence-corrected chi connectivity index (χ0v) is 25.3. The van der Waals surface area contributed by atoms with Crippen LogP contribution in [-0.4, -0.2) is 55.6 Å². The molecule has 40 heavy (non-hydrogen) atoms. The molecule has 0 aromatic heterocycles. The number of nitrogens with zero attached hydrogens (tertiary/aromatic N) is 3. The number of benzene rings is 3. The number of halogens is 1. The summed E-state index contributed by atoms with van der Waals surface area (Å²) in [7, 11) is -3.13. The molecule has 11 heteroatoms. The molecule has 1 heterocycles.